The summed E-state index contributed by atoms with van der Waals surface area (Å²) in [4.78, 5) is 39.9. The van der Waals surface area contributed by atoms with Gasteiger partial charge < -0.3 is 51.3 Å². The first kappa shape index (κ1) is 37.0. The Morgan fingerprint density at radius 3 is 2.50 bits per heavy atom. The summed E-state index contributed by atoms with van der Waals surface area (Å²) in [5.41, 5.74) is 6.09. The molecule has 6 N–H and O–H groups in total. The fourth-order valence-corrected chi connectivity index (χ4v) is 7.31. The Kier molecular flexibility index (Phi) is 12.9. The molecule has 0 bridgehead atoms. The molecule has 21 heteroatoms. The Hall–Kier alpha value is -1.79. The number of rotatable bonds is 8. The van der Waals surface area contributed by atoms with Crippen LogP contribution in [0.3, 0.4) is 0 Å². The van der Waals surface area contributed by atoms with Gasteiger partial charge in [-0.2, -0.15) is 18.3 Å². The molecule has 0 aliphatic carbocycles. The van der Waals surface area contributed by atoms with Crippen molar-refractivity contribution in [3.63, 3.8) is 0 Å². The van der Waals surface area contributed by atoms with E-state index in [9.17, 15) is 29.1 Å². The Bertz CT molecular complexity index is 1460. The van der Waals surface area contributed by atoms with Crippen molar-refractivity contribution in [3.05, 3.63) is 53.0 Å². The summed E-state index contributed by atoms with van der Waals surface area (Å²) in [7, 11) is -10.7. The number of nitrogen functional groups attached to an aromatic ring is 1. The molecule has 46 heavy (non-hydrogen) atoms. The first-order valence-corrected chi connectivity index (χ1v) is 17.5. The maximum absolute atomic E-state index is 11.4. The van der Waals surface area contributed by atoms with Crippen molar-refractivity contribution in [1.29, 1.82) is 0 Å². The number of aliphatic hydroxyl groups is 2. The van der Waals surface area contributed by atoms with Crippen LogP contribution >= 0.6 is 15.6 Å². The molecule has 10 unspecified atom stereocenters. The summed E-state index contributed by atoms with van der Waals surface area (Å²) >= 11 is 0. The van der Waals surface area contributed by atoms with Crippen LogP contribution in [0.4, 0.5) is 5.82 Å². The van der Waals surface area contributed by atoms with Gasteiger partial charge in [0.1, 0.15) is 30.2 Å². The molecule has 3 saturated heterocycles. The largest absolute Gasteiger partial charge is 0.756 e. The number of phosphoric ester groups is 1. The first-order chi connectivity index (χ1) is 21.4. The van der Waals surface area contributed by atoms with Crippen molar-refractivity contribution in [3.8, 4) is 0 Å². The van der Waals surface area contributed by atoms with Crippen LogP contribution in [-0.2, 0) is 39.8 Å². The molecule has 10 atom stereocenters. The molecule has 2 aromatic heterocycles. The minimum absolute atomic E-state index is 0. The van der Waals surface area contributed by atoms with Crippen molar-refractivity contribution in [2.75, 3.05) is 18.9 Å². The van der Waals surface area contributed by atoms with E-state index >= 15 is 0 Å². The predicted molar refractivity (Wildman–Crippen MR) is 158 cm³/mol. The van der Waals surface area contributed by atoms with Crippen LogP contribution in [0.15, 0.2) is 37.1 Å². The number of nitrogens with two attached hydrogens (primary N) is 1. The Labute approximate surface area is 275 Å². The first-order valence-electron chi connectivity index (χ1n) is 14.5. The maximum atomic E-state index is 11.4. The van der Waals surface area contributed by atoms with Gasteiger partial charge in [-0.25, -0.2) is 23.8 Å². The molecule has 4 aliphatic rings. The number of hydrogen-bond acceptors (Lipinski definition) is 12. The van der Waals surface area contributed by atoms with E-state index in [0.717, 1.165) is 12.9 Å². The molecular formula is C25H36CuN8O10P2-4. The van der Waals surface area contributed by atoms with Gasteiger partial charge in [-0.1, -0.05) is 50.7 Å². The van der Waals surface area contributed by atoms with Gasteiger partial charge >= 0.3 is 7.82 Å². The van der Waals surface area contributed by atoms with Crippen molar-refractivity contribution in [2.45, 2.75) is 87.2 Å². The van der Waals surface area contributed by atoms with Gasteiger partial charge in [-0.15, -0.1) is 24.7 Å². The smallest absolute Gasteiger partial charge is 0.478 e. The number of ether oxygens (including phenoxy) is 1. The van der Waals surface area contributed by atoms with Gasteiger partial charge in [0.25, 0.3) is 7.82 Å². The summed E-state index contributed by atoms with van der Waals surface area (Å²) in [6.07, 6.45) is 12.5. The number of anilines is 1. The molecule has 2 aromatic rings. The third-order valence-electron chi connectivity index (χ3n) is 7.86. The van der Waals surface area contributed by atoms with Crippen LogP contribution in [0.2, 0.25) is 0 Å². The molecule has 4 aliphatic heterocycles. The van der Waals surface area contributed by atoms with E-state index < -0.39 is 46.8 Å². The van der Waals surface area contributed by atoms with E-state index in [4.69, 9.17) is 26.0 Å². The predicted octanol–water partition coefficient (Wildman–Crippen LogP) is 1.65. The van der Waals surface area contributed by atoms with Gasteiger partial charge in [0.05, 0.1) is 12.9 Å². The van der Waals surface area contributed by atoms with Crippen LogP contribution in [0, 0.1) is 0 Å². The van der Waals surface area contributed by atoms with Gasteiger partial charge in [0, 0.05) is 17.1 Å². The van der Waals surface area contributed by atoms with E-state index in [1.165, 1.54) is 49.4 Å². The van der Waals surface area contributed by atoms with Crippen molar-refractivity contribution < 1.29 is 64.7 Å². The molecule has 0 saturated carbocycles. The second kappa shape index (κ2) is 16.1. The normalized spacial score (nSPS) is 33.6. The maximum Gasteiger partial charge on any atom is 0.478 e. The van der Waals surface area contributed by atoms with E-state index in [1.54, 1.807) is 0 Å². The zero-order valence-corrected chi connectivity index (χ0v) is 27.1. The fraction of sp³-hybridized carbons (Fsp3) is 0.640. The second-order valence-electron chi connectivity index (χ2n) is 11.0. The van der Waals surface area contributed by atoms with Crippen LogP contribution in [-0.4, -0.2) is 95.1 Å². The number of nitrogens with zero attached hydrogens (tertiary/aromatic N) is 7. The molecule has 1 radical (unpaired) electrons. The number of piperidine rings is 2. The molecule has 0 spiro atoms. The Morgan fingerprint density at radius 2 is 1.80 bits per heavy atom. The zero-order chi connectivity index (χ0) is 32.2. The van der Waals surface area contributed by atoms with Crippen LogP contribution < -0.4 is 10.6 Å². The quantitative estimate of drug-likeness (QED) is 0.191. The monoisotopic (exact) mass is 733 g/mol. The number of allylic oxidation sites excluding steroid dienone is 2. The van der Waals surface area contributed by atoms with E-state index in [1.807, 2.05) is 12.3 Å². The molecule has 6 heterocycles. The van der Waals surface area contributed by atoms with Crippen molar-refractivity contribution >= 4 is 32.6 Å². The fourth-order valence-electron chi connectivity index (χ4n) is 5.74. The average molecular weight is 734 g/mol. The average Bonchev–Trinajstić information content (AvgIpc) is 3.57. The Balaban J connectivity index is 0.000000220. The number of aliphatic hydroxyl groups excluding tert-OH is 2. The van der Waals surface area contributed by atoms with Crippen molar-refractivity contribution in [1.82, 2.24) is 19.5 Å². The number of hydrogen-bond donors (Lipinski definition) is 5. The van der Waals surface area contributed by atoms with Gasteiger partial charge in [-0.05, 0) is 0 Å². The molecule has 6 rings (SSSR count). The second-order valence-corrected chi connectivity index (χ2v) is 13.8. The number of phosphoric acid groups is 2. The van der Waals surface area contributed by atoms with Gasteiger partial charge in [0.2, 0.25) is 0 Å². The number of aromatic nitrogens is 4. The summed E-state index contributed by atoms with van der Waals surface area (Å²) in [6.45, 7) is 0.212. The van der Waals surface area contributed by atoms with Crippen molar-refractivity contribution in [2.24, 2.45) is 0 Å². The zero-order valence-electron chi connectivity index (χ0n) is 24.4. The molecule has 0 amide bonds. The van der Waals surface area contributed by atoms with E-state index in [2.05, 4.69) is 41.3 Å². The van der Waals surface area contributed by atoms with E-state index in [0.29, 0.717) is 18.1 Å². The minimum atomic E-state index is -5.54. The molecule has 18 nitrogen and oxygen atoms in total. The summed E-state index contributed by atoms with van der Waals surface area (Å²) in [5, 5.41) is 34.6. The molecule has 3 fully saturated rings. The van der Waals surface area contributed by atoms with Gasteiger partial charge in [0.15, 0.2) is 17.7 Å². The standard InChI is InChI=1S/C15H22N3.C10H15N5O10P2.Cu/c1-3-10-16-12(6-1)14-8-5-9-15(18-14)13-7-2-4-11-17-13;11-8-5-9(13-2-12-8)15(3-14-5)10-7(17)6(16)4(24-10)1-23-27(21,22)25-26(18,19)20;/h1,3,6,10,12-15H,2,4-5,7-9,11H2;2-4,6-7,10,16-17H,1H2,(H,21,22)(H2,11,12,13)(H2,18,19,20);/q-3;;/p-1. The van der Waals surface area contributed by atoms with Crippen LogP contribution in [0.5, 0.6) is 0 Å². The van der Waals surface area contributed by atoms with Gasteiger partial charge in [-0.3, -0.25) is 13.7 Å². The molecule has 261 valence electrons. The van der Waals surface area contributed by atoms with E-state index in [-0.39, 0.29) is 40.1 Å². The Morgan fingerprint density at radius 1 is 1.04 bits per heavy atom. The topological polar surface area (TPSA) is 278 Å². The SMILES string of the molecule is C1=C[N-]C(C2CCCC(C3CCCC[N-]3)[N-]2)C=C1.Nc1ncnc2c1ncn2C1OC(COP(=O)(O)OP(=O)([O-])O)C(O)C1O.[Cu]. The van der Waals surface area contributed by atoms with Crippen LogP contribution in [0.1, 0.15) is 44.8 Å². The summed E-state index contributed by atoms with van der Waals surface area (Å²) in [5.74, 6) is 0.0797. The summed E-state index contributed by atoms with van der Waals surface area (Å²) in [6, 6.07) is 1.65. The third kappa shape index (κ3) is 9.42. The van der Waals surface area contributed by atoms with Crippen LogP contribution in [0.25, 0.3) is 27.1 Å². The number of imidazole rings is 1. The third-order valence-corrected chi connectivity index (χ3v) is 9.99. The molecular weight excluding hydrogens is 698 g/mol. The minimum Gasteiger partial charge on any atom is -0.756 e. The summed E-state index contributed by atoms with van der Waals surface area (Å²) < 4.78 is 36.5. The number of fused-ring (bicyclic) bond motifs is 1. The molecule has 0 aromatic carbocycles.